The predicted molar refractivity (Wildman–Crippen MR) is 71.9 cm³/mol. The smallest absolute Gasteiger partial charge is 0.337 e. The summed E-state index contributed by atoms with van der Waals surface area (Å²) >= 11 is 0. The first-order valence-electron chi connectivity index (χ1n) is 5.80. The Balaban J connectivity index is 2.64. The molecular weight excluding hydrogens is 232 g/mol. The molecule has 0 spiro atoms. The standard InChI is InChI=1S/C12H20N4O2/c1-8(4-5-16(2)3)15-11-10(13)6-9(7-14-11)12(17)18/h6-8H,4-5,13H2,1-3H3,(H,14,15)(H,17,18). The fraction of sp³-hybridized carbons (Fsp3) is 0.500. The topological polar surface area (TPSA) is 91.5 Å². The second-order valence-corrected chi connectivity index (χ2v) is 4.60. The Hall–Kier alpha value is -1.82. The van der Waals surface area contributed by atoms with E-state index in [4.69, 9.17) is 10.8 Å². The molecule has 0 fully saturated rings. The quantitative estimate of drug-likeness (QED) is 0.702. The van der Waals surface area contributed by atoms with Crippen molar-refractivity contribution in [1.29, 1.82) is 0 Å². The molecule has 1 rings (SSSR count). The number of hydrogen-bond donors (Lipinski definition) is 3. The molecule has 100 valence electrons. The Morgan fingerprint density at radius 1 is 1.61 bits per heavy atom. The van der Waals surface area contributed by atoms with Crippen LogP contribution in [0.25, 0.3) is 0 Å². The predicted octanol–water partition coefficient (Wildman–Crippen LogP) is 1.11. The summed E-state index contributed by atoms with van der Waals surface area (Å²) in [5.74, 6) is -0.493. The van der Waals surface area contributed by atoms with Crippen LogP contribution in [0.4, 0.5) is 11.5 Å². The van der Waals surface area contributed by atoms with Gasteiger partial charge in [-0.1, -0.05) is 0 Å². The average molecular weight is 252 g/mol. The first kappa shape index (κ1) is 14.2. The van der Waals surface area contributed by atoms with Gasteiger partial charge in [-0.15, -0.1) is 0 Å². The van der Waals surface area contributed by atoms with E-state index in [1.165, 1.54) is 12.3 Å². The highest BCUT2D eigenvalue weighted by Gasteiger charge is 2.10. The monoisotopic (exact) mass is 252 g/mol. The lowest BCUT2D eigenvalue weighted by molar-refractivity contribution is 0.0696. The first-order chi connectivity index (χ1) is 8.40. The molecule has 0 aromatic carbocycles. The van der Waals surface area contributed by atoms with Gasteiger partial charge < -0.3 is 21.1 Å². The van der Waals surface area contributed by atoms with E-state index in [2.05, 4.69) is 15.2 Å². The minimum atomic E-state index is -1.03. The van der Waals surface area contributed by atoms with Crippen LogP contribution in [0.15, 0.2) is 12.3 Å². The normalized spacial score (nSPS) is 12.4. The number of carbonyl (C=O) groups is 1. The van der Waals surface area contributed by atoms with Gasteiger partial charge in [-0.05, 0) is 40.1 Å². The minimum Gasteiger partial charge on any atom is -0.478 e. The maximum absolute atomic E-state index is 10.7. The van der Waals surface area contributed by atoms with E-state index in [0.29, 0.717) is 11.5 Å². The van der Waals surface area contributed by atoms with E-state index in [1.807, 2.05) is 21.0 Å². The first-order valence-corrected chi connectivity index (χ1v) is 5.80. The van der Waals surface area contributed by atoms with Crippen molar-refractivity contribution in [1.82, 2.24) is 9.88 Å². The van der Waals surface area contributed by atoms with Gasteiger partial charge in [-0.2, -0.15) is 0 Å². The van der Waals surface area contributed by atoms with Crippen LogP contribution >= 0.6 is 0 Å². The van der Waals surface area contributed by atoms with Crippen LogP contribution in [-0.4, -0.2) is 47.6 Å². The van der Waals surface area contributed by atoms with Gasteiger partial charge in [0, 0.05) is 12.2 Å². The zero-order chi connectivity index (χ0) is 13.7. The zero-order valence-electron chi connectivity index (χ0n) is 11.0. The van der Waals surface area contributed by atoms with Crippen LogP contribution in [-0.2, 0) is 0 Å². The van der Waals surface area contributed by atoms with Gasteiger partial charge in [0.2, 0.25) is 0 Å². The van der Waals surface area contributed by atoms with E-state index in [9.17, 15) is 4.79 Å². The molecule has 0 aliphatic rings. The molecule has 0 bridgehead atoms. The van der Waals surface area contributed by atoms with E-state index >= 15 is 0 Å². The average Bonchev–Trinajstić information content (AvgIpc) is 2.29. The molecule has 4 N–H and O–H groups in total. The van der Waals surface area contributed by atoms with Gasteiger partial charge in [0.25, 0.3) is 0 Å². The highest BCUT2D eigenvalue weighted by molar-refractivity contribution is 5.89. The fourth-order valence-electron chi connectivity index (χ4n) is 1.48. The Bertz CT molecular complexity index is 421. The molecule has 1 aromatic heterocycles. The van der Waals surface area contributed by atoms with E-state index in [-0.39, 0.29) is 11.6 Å². The van der Waals surface area contributed by atoms with Crippen LogP contribution in [0.5, 0.6) is 0 Å². The molecule has 0 saturated carbocycles. The molecular formula is C12H20N4O2. The van der Waals surface area contributed by atoms with Crippen molar-refractivity contribution in [2.45, 2.75) is 19.4 Å². The molecule has 1 atom stereocenters. The van der Waals surface area contributed by atoms with Crippen molar-refractivity contribution in [3.63, 3.8) is 0 Å². The summed E-state index contributed by atoms with van der Waals surface area (Å²) in [6.45, 7) is 3.00. The SMILES string of the molecule is CC(CCN(C)C)Nc1ncc(C(=O)O)cc1N. The molecule has 0 aliphatic carbocycles. The number of pyridine rings is 1. The highest BCUT2D eigenvalue weighted by Crippen LogP contribution is 2.17. The van der Waals surface area contributed by atoms with Crippen LogP contribution < -0.4 is 11.1 Å². The van der Waals surface area contributed by atoms with Gasteiger partial charge in [-0.3, -0.25) is 0 Å². The summed E-state index contributed by atoms with van der Waals surface area (Å²) in [5, 5.41) is 12.0. The molecule has 0 amide bonds. The van der Waals surface area contributed by atoms with Gasteiger partial charge in [0.15, 0.2) is 0 Å². The van der Waals surface area contributed by atoms with Gasteiger partial charge >= 0.3 is 5.97 Å². The van der Waals surface area contributed by atoms with E-state index in [0.717, 1.165) is 13.0 Å². The maximum atomic E-state index is 10.7. The summed E-state index contributed by atoms with van der Waals surface area (Å²) in [6, 6.07) is 1.63. The molecule has 6 nitrogen and oxygen atoms in total. The Labute approximate surface area is 107 Å². The lowest BCUT2D eigenvalue weighted by Gasteiger charge is -2.18. The van der Waals surface area contributed by atoms with Crippen LogP contribution in [0.1, 0.15) is 23.7 Å². The molecule has 1 heterocycles. The third-order valence-electron chi connectivity index (χ3n) is 2.56. The Morgan fingerprint density at radius 2 is 2.28 bits per heavy atom. The molecule has 1 aromatic rings. The number of aromatic nitrogens is 1. The summed E-state index contributed by atoms with van der Waals surface area (Å²) in [6.07, 6.45) is 2.26. The van der Waals surface area contributed by atoms with Gasteiger partial charge in [-0.25, -0.2) is 9.78 Å². The molecule has 18 heavy (non-hydrogen) atoms. The van der Waals surface area contributed by atoms with Crippen molar-refractivity contribution in [3.05, 3.63) is 17.8 Å². The number of anilines is 2. The van der Waals surface area contributed by atoms with Gasteiger partial charge in [0.1, 0.15) is 5.82 Å². The zero-order valence-corrected chi connectivity index (χ0v) is 11.0. The third-order valence-corrected chi connectivity index (χ3v) is 2.56. The fourth-order valence-corrected chi connectivity index (χ4v) is 1.48. The van der Waals surface area contributed by atoms with E-state index in [1.54, 1.807) is 0 Å². The van der Waals surface area contributed by atoms with E-state index < -0.39 is 5.97 Å². The lowest BCUT2D eigenvalue weighted by Crippen LogP contribution is -2.24. The maximum Gasteiger partial charge on any atom is 0.337 e. The molecule has 1 unspecified atom stereocenters. The molecule has 0 radical (unpaired) electrons. The minimum absolute atomic E-state index is 0.0963. The number of hydrogen-bond acceptors (Lipinski definition) is 5. The number of aromatic carboxylic acids is 1. The van der Waals surface area contributed by atoms with Crippen molar-refractivity contribution >= 4 is 17.5 Å². The highest BCUT2D eigenvalue weighted by atomic mass is 16.4. The number of nitrogens with two attached hydrogens (primary N) is 1. The number of carboxylic acids is 1. The summed E-state index contributed by atoms with van der Waals surface area (Å²) in [7, 11) is 4.03. The van der Waals surface area contributed by atoms with Crippen LogP contribution in [0, 0.1) is 0 Å². The largest absolute Gasteiger partial charge is 0.478 e. The molecule has 0 saturated heterocycles. The summed E-state index contributed by atoms with van der Waals surface area (Å²) < 4.78 is 0. The number of nitrogen functional groups attached to an aromatic ring is 1. The van der Waals surface area contributed by atoms with Gasteiger partial charge in [0.05, 0.1) is 11.3 Å². The Morgan fingerprint density at radius 3 is 2.78 bits per heavy atom. The van der Waals surface area contributed by atoms with Crippen LogP contribution in [0.2, 0.25) is 0 Å². The number of nitrogens with one attached hydrogen (secondary N) is 1. The summed E-state index contributed by atoms with van der Waals surface area (Å²) in [4.78, 5) is 16.9. The van der Waals surface area contributed by atoms with Crippen molar-refractivity contribution in [2.24, 2.45) is 0 Å². The second kappa shape index (κ2) is 6.20. The molecule has 0 aliphatic heterocycles. The number of nitrogens with zero attached hydrogens (tertiary/aromatic N) is 2. The Kier molecular flexibility index (Phi) is 4.91. The third kappa shape index (κ3) is 4.21. The van der Waals surface area contributed by atoms with Crippen LogP contribution in [0.3, 0.4) is 0 Å². The molecule has 6 heteroatoms. The lowest BCUT2D eigenvalue weighted by atomic mass is 10.2. The summed E-state index contributed by atoms with van der Waals surface area (Å²) in [5.41, 5.74) is 6.21. The van der Waals surface area contributed by atoms with Crippen molar-refractivity contribution in [2.75, 3.05) is 31.7 Å². The van der Waals surface area contributed by atoms with Crippen molar-refractivity contribution in [3.8, 4) is 0 Å². The number of carboxylic acid groups (broad SMARTS) is 1. The van der Waals surface area contributed by atoms with Crippen molar-refractivity contribution < 1.29 is 9.90 Å². The number of rotatable bonds is 6. The second-order valence-electron chi connectivity index (χ2n) is 4.60.